The zero-order valence-electron chi connectivity index (χ0n) is 16.0. The van der Waals surface area contributed by atoms with Gasteiger partial charge in [-0.3, -0.25) is 19.4 Å². The number of nitrogens with one attached hydrogen (secondary N) is 3. The predicted octanol–water partition coefficient (Wildman–Crippen LogP) is 3.51. The Morgan fingerprint density at radius 2 is 1.62 bits per heavy atom. The number of amides is 2. The van der Waals surface area contributed by atoms with Crippen LogP contribution in [0.4, 0.5) is 11.4 Å². The molecule has 0 spiro atoms. The third kappa shape index (κ3) is 5.88. The molecule has 0 aliphatic heterocycles. The third-order valence-electron chi connectivity index (χ3n) is 4.12. The van der Waals surface area contributed by atoms with Crippen molar-refractivity contribution in [1.82, 2.24) is 10.5 Å². The standard InChI is InChI=1S/C22H22N4O3/c1-16(27)25-20-8-4-2-6-18(20)15-29-26-22(28)19-7-3-5-9-21(19)24-14-17-10-12-23-13-11-17/h2-13,24H,14-15H2,1H3,(H,25,27)(H,26,28). The summed E-state index contributed by atoms with van der Waals surface area (Å²) >= 11 is 0. The van der Waals surface area contributed by atoms with E-state index in [1.165, 1.54) is 6.92 Å². The number of rotatable bonds is 8. The first kappa shape index (κ1) is 20.0. The number of aromatic nitrogens is 1. The van der Waals surface area contributed by atoms with Gasteiger partial charge in [-0.25, -0.2) is 5.48 Å². The molecule has 1 heterocycles. The van der Waals surface area contributed by atoms with Crippen molar-refractivity contribution in [3.8, 4) is 0 Å². The van der Waals surface area contributed by atoms with Crippen molar-refractivity contribution in [3.05, 3.63) is 89.7 Å². The van der Waals surface area contributed by atoms with Crippen LogP contribution in [0, 0.1) is 0 Å². The number of pyridine rings is 1. The summed E-state index contributed by atoms with van der Waals surface area (Å²) in [6, 6.07) is 18.3. The second-order valence-electron chi connectivity index (χ2n) is 6.31. The van der Waals surface area contributed by atoms with Gasteiger partial charge in [-0.2, -0.15) is 0 Å². The van der Waals surface area contributed by atoms with Crippen molar-refractivity contribution in [2.24, 2.45) is 0 Å². The first-order valence-corrected chi connectivity index (χ1v) is 9.13. The SMILES string of the molecule is CC(=O)Nc1ccccc1CONC(=O)c1ccccc1NCc1ccncc1. The van der Waals surface area contributed by atoms with Gasteiger partial charge in [0, 0.05) is 42.8 Å². The fourth-order valence-electron chi connectivity index (χ4n) is 2.73. The second kappa shape index (κ2) is 10.0. The van der Waals surface area contributed by atoms with Crippen LogP contribution in [0.25, 0.3) is 0 Å². The van der Waals surface area contributed by atoms with Gasteiger partial charge in [-0.15, -0.1) is 0 Å². The summed E-state index contributed by atoms with van der Waals surface area (Å²) in [7, 11) is 0. The minimum absolute atomic E-state index is 0.120. The Bertz CT molecular complexity index is 977. The summed E-state index contributed by atoms with van der Waals surface area (Å²) in [4.78, 5) is 33.3. The van der Waals surface area contributed by atoms with Gasteiger partial charge in [-0.1, -0.05) is 30.3 Å². The molecule has 0 atom stereocenters. The maximum Gasteiger partial charge on any atom is 0.276 e. The van der Waals surface area contributed by atoms with E-state index in [0.29, 0.717) is 23.5 Å². The van der Waals surface area contributed by atoms with Crippen molar-refractivity contribution >= 4 is 23.2 Å². The Hall–Kier alpha value is -3.71. The van der Waals surface area contributed by atoms with Gasteiger partial charge in [0.25, 0.3) is 5.91 Å². The quantitative estimate of drug-likeness (QED) is 0.512. The van der Waals surface area contributed by atoms with Crippen LogP contribution < -0.4 is 16.1 Å². The zero-order chi connectivity index (χ0) is 20.5. The van der Waals surface area contributed by atoms with Crippen LogP contribution in [0.15, 0.2) is 73.1 Å². The molecule has 0 aliphatic rings. The van der Waals surface area contributed by atoms with E-state index >= 15 is 0 Å². The summed E-state index contributed by atoms with van der Waals surface area (Å²) in [5.41, 5.74) is 6.09. The van der Waals surface area contributed by atoms with Crippen molar-refractivity contribution in [1.29, 1.82) is 0 Å². The Morgan fingerprint density at radius 3 is 2.38 bits per heavy atom. The van der Waals surface area contributed by atoms with E-state index in [2.05, 4.69) is 21.1 Å². The molecule has 7 nitrogen and oxygen atoms in total. The number of carbonyl (C=O) groups is 2. The highest BCUT2D eigenvalue weighted by Gasteiger charge is 2.11. The minimum Gasteiger partial charge on any atom is -0.380 e. The lowest BCUT2D eigenvalue weighted by Crippen LogP contribution is -2.25. The van der Waals surface area contributed by atoms with Crippen LogP contribution >= 0.6 is 0 Å². The van der Waals surface area contributed by atoms with Crippen molar-refractivity contribution in [2.75, 3.05) is 10.6 Å². The van der Waals surface area contributed by atoms with Crippen LogP contribution in [-0.2, 0) is 22.8 Å². The van der Waals surface area contributed by atoms with Gasteiger partial charge in [0.15, 0.2) is 0 Å². The van der Waals surface area contributed by atoms with Crippen molar-refractivity contribution in [3.63, 3.8) is 0 Å². The zero-order valence-corrected chi connectivity index (χ0v) is 16.0. The molecular weight excluding hydrogens is 368 g/mol. The fourth-order valence-corrected chi connectivity index (χ4v) is 2.73. The third-order valence-corrected chi connectivity index (χ3v) is 4.12. The number of hydrogen-bond donors (Lipinski definition) is 3. The number of para-hydroxylation sites is 2. The maximum atomic E-state index is 12.6. The molecule has 0 fully saturated rings. The Labute approximate surface area is 169 Å². The average Bonchev–Trinajstić information content (AvgIpc) is 2.74. The van der Waals surface area contributed by atoms with Crippen LogP contribution in [-0.4, -0.2) is 16.8 Å². The molecular formula is C22H22N4O3. The molecule has 148 valence electrons. The normalized spacial score (nSPS) is 10.2. The van der Waals surface area contributed by atoms with Crippen LogP contribution in [0.5, 0.6) is 0 Å². The summed E-state index contributed by atoms with van der Waals surface area (Å²) in [5, 5.41) is 6.00. The molecule has 0 radical (unpaired) electrons. The molecule has 2 amide bonds. The van der Waals surface area contributed by atoms with Gasteiger partial charge < -0.3 is 10.6 Å². The van der Waals surface area contributed by atoms with Gasteiger partial charge in [-0.05, 0) is 35.9 Å². The van der Waals surface area contributed by atoms with E-state index in [0.717, 1.165) is 11.1 Å². The fraction of sp³-hybridized carbons (Fsp3) is 0.136. The molecule has 3 rings (SSSR count). The topological polar surface area (TPSA) is 92.4 Å². The average molecular weight is 390 g/mol. The highest BCUT2D eigenvalue weighted by atomic mass is 16.6. The largest absolute Gasteiger partial charge is 0.380 e. The molecule has 0 bridgehead atoms. The van der Waals surface area contributed by atoms with Crippen LogP contribution in [0.2, 0.25) is 0 Å². The summed E-state index contributed by atoms with van der Waals surface area (Å²) in [5.74, 6) is -0.532. The van der Waals surface area contributed by atoms with E-state index in [4.69, 9.17) is 4.84 Å². The lowest BCUT2D eigenvalue weighted by atomic mass is 10.1. The first-order valence-electron chi connectivity index (χ1n) is 9.13. The number of anilines is 2. The second-order valence-corrected chi connectivity index (χ2v) is 6.31. The van der Waals surface area contributed by atoms with Crippen LogP contribution in [0.1, 0.15) is 28.4 Å². The van der Waals surface area contributed by atoms with Crippen molar-refractivity contribution < 1.29 is 14.4 Å². The molecule has 1 aromatic heterocycles. The van der Waals surface area contributed by atoms with E-state index in [1.54, 1.807) is 30.6 Å². The summed E-state index contributed by atoms with van der Waals surface area (Å²) in [6.45, 7) is 2.13. The number of hydrogen-bond acceptors (Lipinski definition) is 5. The molecule has 3 aromatic rings. The van der Waals surface area contributed by atoms with E-state index in [-0.39, 0.29) is 18.4 Å². The molecule has 3 N–H and O–H groups in total. The summed E-state index contributed by atoms with van der Waals surface area (Å²) < 4.78 is 0. The molecule has 0 saturated carbocycles. The highest BCUT2D eigenvalue weighted by molar-refractivity contribution is 5.99. The monoisotopic (exact) mass is 390 g/mol. The Balaban J connectivity index is 1.60. The number of nitrogens with zero attached hydrogens (tertiary/aromatic N) is 1. The molecule has 0 unspecified atom stereocenters. The van der Waals surface area contributed by atoms with Gasteiger partial charge in [0.2, 0.25) is 5.91 Å². The smallest absolute Gasteiger partial charge is 0.276 e. The van der Waals surface area contributed by atoms with Gasteiger partial charge >= 0.3 is 0 Å². The number of benzene rings is 2. The van der Waals surface area contributed by atoms with Gasteiger partial charge in [0.05, 0.1) is 5.56 Å². The maximum absolute atomic E-state index is 12.6. The van der Waals surface area contributed by atoms with Crippen LogP contribution in [0.3, 0.4) is 0 Å². The Morgan fingerprint density at radius 1 is 0.931 bits per heavy atom. The van der Waals surface area contributed by atoms with Gasteiger partial charge in [0.1, 0.15) is 6.61 Å². The predicted molar refractivity (Wildman–Crippen MR) is 111 cm³/mol. The Kier molecular flexibility index (Phi) is 6.91. The number of hydroxylamine groups is 1. The highest BCUT2D eigenvalue weighted by Crippen LogP contribution is 2.18. The first-order chi connectivity index (χ1) is 14.1. The van der Waals surface area contributed by atoms with E-state index < -0.39 is 0 Å². The molecule has 7 heteroatoms. The number of carbonyl (C=O) groups excluding carboxylic acids is 2. The lowest BCUT2D eigenvalue weighted by Gasteiger charge is -2.13. The van der Waals surface area contributed by atoms with Crippen molar-refractivity contribution in [2.45, 2.75) is 20.1 Å². The molecule has 2 aromatic carbocycles. The van der Waals surface area contributed by atoms with E-state index in [9.17, 15) is 9.59 Å². The lowest BCUT2D eigenvalue weighted by molar-refractivity contribution is -0.114. The minimum atomic E-state index is -0.361. The molecule has 0 aliphatic carbocycles. The molecule has 0 saturated heterocycles. The summed E-state index contributed by atoms with van der Waals surface area (Å²) in [6.07, 6.45) is 3.45. The van der Waals surface area contributed by atoms with E-state index in [1.807, 2.05) is 42.5 Å². The molecule has 29 heavy (non-hydrogen) atoms.